The SMILES string of the molecule is CCNC(=O)CNC1CCC(C)C1. The largest absolute Gasteiger partial charge is 0.355 e. The van der Waals surface area contributed by atoms with E-state index in [0.717, 1.165) is 12.5 Å². The molecule has 2 atom stereocenters. The highest BCUT2D eigenvalue weighted by Crippen LogP contribution is 2.24. The van der Waals surface area contributed by atoms with E-state index in [-0.39, 0.29) is 5.91 Å². The monoisotopic (exact) mass is 184 g/mol. The van der Waals surface area contributed by atoms with Crippen LogP contribution >= 0.6 is 0 Å². The molecule has 76 valence electrons. The number of amides is 1. The molecule has 1 aliphatic carbocycles. The smallest absolute Gasteiger partial charge is 0.233 e. The van der Waals surface area contributed by atoms with Gasteiger partial charge in [0, 0.05) is 12.6 Å². The molecule has 0 saturated heterocycles. The Bertz CT molecular complexity index is 170. The van der Waals surface area contributed by atoms with Crippen molar-refractivity contribution < 1.29 is 4.79 Å². The molecule has 1 fully saturated rings. The second-order valence-corrected chi connectivity index (χ2v) is 3.95. The molecule has 0 spiro atoms. The van der Waals surface area contributed by atoms with Gasteiger partial charge in [-0.25, -0.2) is 0 Å². The highest BCUT2D eigenvalue weighted by molar-refractivity contribution is 5.77. The van der Waals surface area contributed by atoms with Gasteiger partial charge in [-0.1, -0.05) is 6.92 Å². The molecule has 0 aromatic carbocycles. The van der Waals surface area contributed by atoms with Gasteiger partial charge >= 0.3 is 0 Å². The van der Waals surface area contributed by atoms with Crippen LogP contribution in [0.4, 0.5) is 0 Å². The Kier molecular flexibility index (Phi) is 4.22. The van der Waals surface area contributed by atoms with Crippen molar-refractivity contribution in [2.45, 2.75) is 39.2 Å². The topological polar surface area (TPSA) is 41.1 Å². The molecule has 3 heteroatoms. The molecule has 2 unspecified atom stereocenters. The molecule has 3 nitrogen and oxygen atoms in total. The molecule has 1 amide bonds. The normalized spacial score (nSPS) is 27.5. The second-order valence-electron chi connectivity index (χ2n) is 3.95. The fourth-order valence-electron chi connectivity index (χ4n) is 1.89. The fraction of sp³-hybridized carbons (Fsp3) is 0.900. The maximum absolute atomic E-state index is 11.1. The summed E-state index contributed by atoms with van der Waals surface area (Å²) in [5.74, 6) is 0.939. The summed E-state index contributed by atoms with van der Waals surface area (Å²) in [6.07, 6.45) is 3.74. The van der Waals surface area contributed by atoms with Crippen LogP contribution in [0.1, 0.15) is 33.1 Å². The van der Waals surface area contributed by atoms with Crippen LogP contribution < -0.4 is 10.6 Å². The lowest BCUT2D eigenvalue weighted by Gasteiger charge is -2.11. The summed E-state index contributed by atoms with van der Waals surface area (Å²) >= 11 is 0. The summed E-state index contributed by atoms with van der Waals surface area (Å²) in [6, 6.07) is 0.567. The Hall–Kier alpha value is -0.570. The minimum atomic E-state index is 0.113. The number of hydrogen-bond donors (Lipinski definition) is 2. The summed E-state index contributed by atoms with van der Waals surface area (Å²) in [7, 11) is 0. The van der Waals surface area contributed by atoms with Gasteiger partial charge in [0.1, 0.15) is 0 Å². The third-order valence-corrected chi connectivity index (χ3v) is 2.62. The van der Waals surface area contributed by atoms with Gasteiger partial charge in [-0.15, -0.1) is 0 Å². The third-order valence-electron chi connectivity index (χ3n) is 2.62. The highest BCUT2D eigenvalue weighted by atomic mass is 16.1. The van der Waals surface area contributed by atoms with Crippen LogP contribution in [0, 0.1) is 5.92 Å². The molecule has 0 radical (unpaired) electrons. The quantitative estimate of drug-likeness (QED) is 0.681. The van der Waals surface area contributed by atoms with Crippen LogP contribution in [0.2, 0.25) is 0 Å². The molecule has 0 heterocycles. The van der Waals surface area contributed by atoms with Gasteiger partial charge in [0.15, 0.2) is 0 Å². The van der Waals surface area contributed by atoms with E-state index in [1.54, 1.807) is 0 Å². The lowest BCUT2D eigenvalue weighted by molar-refractivity contribution is -0.120. The number of hydrogen-bond acceptors (Lipinski definition) is 2. The van der Waals surface area contributed by atoms with Gasteiger partial charge in [0.05, 0.1) is 6.54 Å². The number of carbonyl (C=O) groups is 1. The van der Waals surface area contributed by atoms with Crippen molar-refractivity contribution in [1.82, 2.24) is 10.6 Å². The Balaban J connectivity index is 2.09. The van der Waals surface area contributed by atoms with Crippen molar-refractivity contribution >= 4 is 5.91 Å². The van der Waals surface area contributed by atoms with E-state index < -0.39 is 0 Å². The Morgan fingerprint density at radius 1 is 1.46 bits per heavy atom. The summed E-state index contributed by atoms with van der Waals surface area (Å²) in [5, 5.41) is 6.06. The van der Waals surface area contributed by atoms with Gasteiger partial charge < -0.3 is 10.6 Å². The predicted octanol–water partition coefficient (Wildman–Crippen LogP) is 0.901. The molecule has 0 aromatic heterocycles. The van der Waals surface area contributed by atoms with E-state index in [1.165, 1.54) is 19.3 Å². The summed E-state index contributed by atoms with van der Waals surface area (Å²) in [4.78, 5) is 11.1. The number of likely N-dealkylation sites (N-methyl/N-ethyl adjacent to an activating group) is 1. The molecular formula is C10H20N2O. The minimum Gasteiger partial charge on any atom is -0.355 e. The first-order valence-electron chi connectivity index (χ1n) is 5.22. The van der Waals surface area contributed by atoms with Crippen molar-refractivity contribution in [2.75, 3.05) is 13.1 Å². The lowest BCUT2D eigenvalue weighted by atomic mass is 10.1. The number of nitrogens with one attached hydrogen (secondary N) is 2. The van der Waals surface area contributed by atoms with Gasteiger partial charge in [0.25, 0.3) is 0 Å². The van der Waals surface area contributed by atoms with E-state index in [9.17, 15) is 4.79 Å². The molecule has 1 rings (SSSR count). The molecule has 2 N–H and O–H groups in total. The maximum Gasteiger partial charge on any atom is 0.233 e. The van der Waals surface area contributed by atoms with Gasteiger partial charge in [0.2, 0.25) is 5.91 Å². The second kappa shape index (κ2) is 5.22. The van der Waals surface area contributed by atoms with Crippen LogP contribution in [0.15, 0.2) is 0 Å². The standard InChI is InChI=1S/C10H20N2O/c1-3-11-10(13)7-12-9-5-4-8(2)6-9/h8-9,12H,3-7H2,1-2H3,(H,11,13). The average molecular weight is 184 g/mol. The number of rotatable bonds is 4. The average Bonchev–Trinajstić information content (AvgIpc) is 2.49. The van der Waals surface area contributed by atoms with Crippen molar-refractivity contribution in [3.63, 3.8) is 0 Å². The Morgan fingerprint density at radius 2 is 2.23 bits per heavy atom. The predicted molar refractivity (Wildman–Crippen MR) is 53.5 cm³/mol. The molecule has 1 aliphatic rings. The first-order chi connectivity index (χ1) is 6.22. The molecule has 0 aromatic rings. The van der Waals surface area contributed by atoms with Crippen molar-refractivity contribution in [3.05, 3.63) is 0 Å². The maximum atomic E-state index is 11.1. The van der Waals surface area contributed by atoms with Crippen LogP contribution in [0.3, 0.4) is 0 Å². The van der Waals surface area contributed by atoms with E-state index in [4.69, 9.17) is 0 Å². The zero-order valence-electron chi connectivity index (χ0n) is 8.60. The van der Waals surface area contributed by atoms with Gasteiger partial charge in [-0.3, -0.25) is 4.79 Å². The van der Waals surface area contributed by atoms with Crippen LogP contribution in [-0.4, -0.2) is 25.0 Å². The van der Waals surface area contributed by atoms with E-state index in [2.05, 4.69) is 17.6 Å². The van der Waals surface area contributed by atoms with Gasteiger partial charge in [-0.2, -0.15) is 0 Å². The zero-order valence-corrected chi connectivity index (χ0v) is 8.60. The van der Waals surface area contributed by atoms with Crippen LogP contribution in [0.5, 0.6) is 0 Å². The first kappa shape index (κ1) is 10.5. The zero-order chi connectivity index (χ0) is 9.68. The van der Waals surface area contributed by atoms with E-state index >= 15 is 0 Å². The number of carbonyl (C=O) groups excluding carboxylic acids is 1. The highest BCUT2D eigenvalue weighted by Gasteiger charge is 2.20. The Labute approximate surface area is 80.3 Å². The van der Waals surface area contributed by atoms with E-state index in [1.807, 2.05) is 6.92 Å². The lowest BCUT2D eigenvalue weighted by Crippen LogP contribution is -2.38. The summed E-state index contributed by atoms with van der Waals surface area (Å²) in [5.41, 5.74) is 0. The fourth-order valence-corrected chi connectivity index (χ4v) is 1.89. The molecular weight excluding hydrogens is 164 g/mol. The van der Waals surface area contributed by atoms with Crippen molar-refractivity contribution in [2.24, 2.45) is 5.92 Å². The van der Waals surface area contributed by atoms with Crippen molar-refractivity contribution in [3.8, 4) is 0 Å². The third kappa shape index (κ3) is 3.77. The van der Waals surface area contributed by atoms with Crippen LogP contribution in [-0.2, 0) is 4.79 Å². The molecule has 13 heavy (non-hydrogen) atoms. The Morgan fingerprint density at radius 3 is 2.77 bits per heavy atom. The van der Waals surface area contributed by atoms with Crippen molar-refractivity contribution in [1.29, 1.82) is 0 Å². The van der Waals surface area contributed by atoms with Crippen LogP contribution in [0.25, 0.3) is 0 Å². The van der Waals surface area contributed by atoms with Gasteiger partial charge in [-0.05, 0) is 32.1 Å². The molecule has 1 saturated carbocycles. The minimum absolute atomic E-state index is 0.113. The van der Waals surface area contributed by atoms with E-state index in [0.29, 0.717) is 12.6 Å². The molecule has 0 aliphatic heterocycles. The summed E-state index contributed by atoms with van der Waals surface area (Å²) in [6.45, 7) is 5.41. The molecule has 0 bridgehead atoms. The summed E-state index contributed by atoms with van der Waals surface area (Å²) < 4.78 is 0. The first-order valence-corrected chi connectivity index (χ1v) is 5.22.